The van der Waals surface area contributed by atoms with Gasteiger partial charge in [0.2, 0.25) is 0 Å². The first-order chi connectivity index (χ1) is 45.2. The number of anilines is 6. The molecule has 18 rings (SSSR count). The second kappa shape index (κ2) is 21.7. The first kappa shape index (κ1) is 54.7. The molecule has 4 nitrogen and oxygen atoms in total. The van der Waals surface area contributed by atoms with E-state index in [1.165, 1.54) is 99.4 Å². The molecule has 2 aliphatic rings. The largest absolute Gasteiger partial charge is 0.454 e. The van der Waals surface area contributed by atoms with E-state index >= 15 is 0 Å². The topological polar surface area (TPSA) is 32.8 Å². The van der Waals surface area contributed by atoms with Gasteiger partial charge in [0.25, 0.3) is 0 Å². The third-order valence-corrected chi connectivity index (χ3v) is 19.5. The van der Waals surface area contributed by atoms with Crippen LogP contribution in [0, 0.1) is 0 Å². The lowest BCUT2D eigenvalue weighted by Gasteiger charge is -2.26. The number of fused-ring (bicyclic) bond motifs is 15. The third kappa shape index (κ3) is 8.88. The molecule has 0 N–H and O–H groups in total. The summed E-state index contributed by atoms with van der Waals surface area (Å²) in [6.07, 6.45) is 0. The van der Waals surface area contributed by atoms with E-state index in [-0.39, 0.29) is 10.8 Å². The van der Waals surface area contributed by atoms with E-state index in [0.29, 0.717) is 0 Å². The number of benzene rings is 14. The van der Waals surface area contributed by atoms with Crippen molar-refractivity contribution < 1.29 is 8.83 Å². The molecule has 16 aromatic rings. The van der Waals surface area contributed by atoms with Gasteiger partial charge in [-0.05, 0) is 168 Å². The van der Waals surface area contributed by atoms with E-state index in [0.717, 1.165) is 67.2 Å². The van der Waals surface area contributed by atoms with Gasteiger partial charge in [-0.15, -0.1) is 0 Å². The molecule has 4 heteroatoms. The Morgan fingerprint density at radius 2 is 0.620 bits per heavy atom. The van der Waals surface area contributed by atoms with Gasteiger partial charge in [-0.1, -0.05) is 264 Å². The normalized spacial score (nSPS) is 13.2. The first-order valence-corrected chi connectivity index (χ1v) is 31.9. The highest BCUT2D eigenvalue weighted by Crippen LogP contribution is 2.56. The van der Waals surface area contributed by atoms with E-state index in [2.05, 4.69) is 353 Å². The average Bonchev–Trinajstić information content (AvgIpc) is 1.56. The van der Waals surface area contributed by atoms with Crippen LogP contribution in [0.1, 0.15) is 49.9 Å². The summed E-state index contributed by atoms with van der Waals surface area (Å²) < 4.78 is 13.7. The van der Waals surface area contributed by atoms with Gasteiger partial charge in [0.05, 0.1) is 11.4 Å². The zero-order valence-electron chi connectivity index (χ0n) is 51.7. The molecule has 0 unspecified atom stereocenters. The van der Waals surface area contributed by atoms with Crippen molar-refractivity contribution in [2.45, 2.75) is 38.5 Å². The minimum atomic E-state index is -0.0750. The van der Waals surface area contributed by atoms with Crippen molar-refractivity contribution in [3.63, 3.8) is 0 Å². The van der Waals surface area contributed by atoms with E-state index in [1.807, 2.05) is 0 Å². The van der Waals surface area contributed by atoms with E-state index < -0.39 is 0 Å². The van der Waals surface area contributed by atoms with Crippen LogP contribution in [-0.2, 0) is 10.8 Å². The van der Waals surface area contributed by atoms with Crippen molar-refractivity contribution in [1.29, 1.82) is 0 Å². The Hall–Kier alpha value is -11.5. The van der Waals surface area contributed by atoms with Crippen LogP contribution >= 0.6 is 0 Å². The maximum absolute atomic E-state index is 6.86. The number of para-hydroxylation sites is 3. The summed E-state index contributed by atoms with van der Waals surface area (Å²) in [6, 6.07) is 113. The highest BCUT2D eigenvalue weighted by Gasteiger charge is 2.39. The maximum Gasteiger partial charge on any atom is 0.159 e. The van der Waals surface area contributed by atoms with Crippen LogP contribution in [-0.4, -0.2) is 0 Å². The van der Waals surface area contributed by atoms with Crippen molar-refractivity contribution >= 4 is 88.8 Å². The number of hydrogen-bond donors (Lipinski definition) is 0. The fourth-order valence-electron chi connectivity index (χ4n) is 15.0. The van der Waals surface area contributed by atoms with Crippen LogP contribution in [0.2, 0.25) is 0 Å². The summed E-state index contributed by atoms with van der Waals surface area (Å²) in [5.74, 6) is 0. The first-order valence-electron chi connectivity index (χ1n) is 31.9. The van der Waals surface area contributed by atoms with Gasteiger partial charge in [-0.25, -0.2) is 0 Å². The van der Waals surface area contributed by atoms with Gasteiger partial charge in [0.1, 0.15) is 11.2 Å². The lowest BCUT2D eigenvalue weighted by Crippen LogP contribution is -2.14. The molecule has 0 amide bonds. The SMILES string of the molecule is CC1(C)c2ccccc2-c2c1ccc1oc3c(N(c4ccc(-c5ccccc5)cc4)c4ccc(-c5ccccc5)cc4)cccc3c21.CC1(C)c2ccccc2-c2c1ccc1oc3c(N(c4ccccc4)c4ccc(-c5ccc6ccccc6c5)cc4)cccc3c21. The molecule has 438 valence electrons. The molecular weight excluding hydrogens is 1120 g/mol. The van der Waals surface area contributed by atoms with Crippen LogP contribution in [0.25, 0.3) is 110 Å². The van der Waals surface area contributed by atoms with Crippen molar-refractivity contribution in [2.24, 2.45) is 0 Å². The Kier molecular flexibility index (Phi) is 12.9. The molecule has 2 aromatic heterocycles. The number of hydrogen-bond acceptors (Lipinski definition) is 4. The molecule has 92 heavy (non-hydrogen) atoms. The summed E-state index contributed by atoms with van der Waals surface area (Å²) in [4.78, 5) is 4.64. The van der Waals surface area contributed by atoms with Gasteiger partial charge in [-0.2, -0.15) is 0 Å². The summed E-state index contributed by atoms with van der Waals surface area (Å²) in [6.45, 7) is 9.32. The minimum Gasteiger partial charge on any atom is -0.454 e. The van der Waals surface area contributed by atoms with Gasteiger partial charge in [-0.3, -0.25) is 0 Å². The van der Waals surface area contributed by atoms with Crippen LogP contribution in [0.5, 0.6) is 0 Å². The number of rotatable bonds is 9. The molecule has 14 aromatic carbocycles. The number of furan rings is 2. The van der Waals surface area contributed by atoms with Crippen molar-refractivity contribution in [3.05, 3.63) is 338 Å². The Balaban J connectivity index is 0.000000141. The summed E-state index contributed by atoms with van der Waals surface area (Å²) in [5.41, 5.74) is 27.6. The van der Waals surface area contributed by atoms with Crippen LogP contribution in [0.4, 0.5) is 34.1 Å². The number of nitrogens with zero attached hydrogens (tertiary/aromatic N) is 2. The second-order valence-corrected chi connectivity index (χ2v) is 25.5. The Morgan fingerprint density at radius 1 is 0.261 bits per heavy atom. The third-order valence-electron chi connectivity index (χ3n) is 19.5. The van der Waals surface area contributed by atoms with Gasteiger partial charge >= 0.3 is 0 Å². The molecule has 0 saturated carbocycles. The van der Waals surface area contributed by atoms with E-state index in [1.54, 1.807) is 0 Å². The van der Waals surface area contributed by atoms with Crippen molar-refractivity contribution in [2.75, 3.05) is 9.80 Å². The van der Waals surface area contributed by atoms with Crippen LogP contribution in [0.15, 0.2) is 324 Å². The monoisotopic (exact) mass is 1180 g/mol. The lowest BCUT2D eigenvalue weighted by atomic mass is 9.82. The molecular formula is C88H64N2O2. The molecule has 0 bridgehead atoms. The fraction of sp³-hybridized carbons (Fsp3) is 0.0682. The highest BCUT2D eigenvalue weighted by atomic mass is 16.3. The van der Waals surface area contributed by atoms with Crippen molar-refractivity contribution in [3.8, 4) is 55.6 Å². The summed E-state index contributed by atoms with van der Waals surface area (Å²) in [7, 11) is 0. The van der Waals surface area contributed by atoms with Gasteiger partial charge < -0.3 is 18.6 Å². The standard InChI is InChI=1S/C45H33NO.C43H31NO/c1-45(2)38-18-10-9-16-36(38)42-39(45)28-29-41-43(42)37-17-11-19-40(44(37)47-41)46(34-24-20-32(21-25-34)30-12-5-3-6-13-30)35-26-22-33(23-27-35)31-14-7-4-8-15-31;1-43(2)36-17-9-8-15-34(36)40-37(43)25-26-39-41(40)35-16-10-18-38(42(35)45-39)44(32-13-4-3-5-14-32)33-23-21-29(22-24-33)31-20-19-28-11-6-7-12-30(28)27-31/h3-29H,1-2H3;3-27H,1-2H3. The minimum absolute atomic E-state index is 0.0653. The molecule has 0 aliphatic heterocycles. The van der Waals surface area contributed by atoms with E-state index in [4.69, 9.17) is 8.83 Å². The van der Waals surface area contributed by atoms with E-state index in [9.17, 15) is 0 Å². The predicted molar refractivity (Wildman–Crippen MR) is 386 cm³/mol. The molecule has 2 heterocycles. The van der Waals surface area contributed by atoms with Crippen LogP contribution < -0.4 is 9.80 Å². The van der Waals surface area contributed by atoms with Gasteiger partial charge in [0, 0.05) is 55.1 Å². The summed E-state index contributed by atoms with van der Waals surface area (Å²) >= 11 is 0. The molecule has 0 saturated heterocycles. The quantitative estimate of drug-likeness (QED) is 0.144. The Morgan fingerprint density at radius 3 is 1.08 bits per heavy atom. The Labute approximate surface area is 536 Å². The zero-order valence-corrected chi connectivity index (χ0v) is 51.7. The molecule has 0 radical (unpaired) electrons. The van der Waals surface area contributed by atoms with Crippen LogP contribution in [0.3, 0.4) is 0 Å². The lowest BCUT2D eigenvalue weighted by molar-refractivity contribution is 0.656. The summed E-state index contributed by atoms with van der Waals surface area (Å²) in [5, 5.41) is 7.16. The average molecular weight is 1180 g/mol. The highest BCUT2D eigenvalue weighted by molar-refractivity contribution is 6.19. The molecule has 0 spiro atoms. The molecule has 0 fully saturated rings. The Bertz CT molecular complexity index is 5410. The second-order valence-electron chi connectivity index (χ2n) is 25.5. The van der Waals surface area contributed by atoms with Gasteiger partial charge in [0.15, 0.2) is 11.2 Å². The van der Waals surface area contributed by atoms with Crippen molar-refractivity contribution in [1.82, 2.24) is 0 Å². The predicted octanol–water partition coefficient (Wildman–Crippen LogP) is 24.9. The molecule has 2 aliphatic carbocycles. The zero-order chi connectivity index (χ0) is 61.7. The molecule has 0 atom stereocenters. The fourth-order valence-corrected chi connectivity index (χ4v) is 15.0. The maximum atomic E-state index is 6.86. The smallest absolute Gasteiger partial charge is 0.159 e.